The lowest BCUT2D eigenvalue weighted by Crippen LogP contribution is -2.35. The first-order valence-electron chi connectivity index (χ1n) is 9.97. The number of nitrogens with zero attached hydrogens (tertiary/aromatic N) is 3. The normalized spacial score (nSPS) is 21.4. The van der Waals surface area contributed by atoms with Gasteiger partial charge in [0.25, 0.3) is 5.89 Å². The zero-order chi connectivity index (χ0) is 18.7. The molecule has 1 aromatic heterocycles. The minimum Gasteiger partial charge on any atom is -0.381 e. The Hall–Kier alpha value is -1.76. The molecule has 6 nitrogen and oxygen atoms in total. The van der Waals surface area contributed by atoms with Crippen LogP contribution >= 0.6 is 0 Å². The van der Waals surface area contributed by atoms with E-state index in [1.807, 2.05) is 0 Å². The fraction of sp³-hybridized carbons (Fsp3) is 0.619. The van der Waals surface area contributed by atoms with Gasteiger partial charge in [-0.2, -0.15) is 4.98 Å². The van der Waals surface area contributed by atoms with Gasteiger partial charge in [0.2, 0.25) is 5.82 Å². The topological polar surface area (TPSA) is 60.6 Å². The van der Waals surface area contributed by atoms with Crippen molar-refractivity contribution in [1.82, 2.24) is 15.0 Å². The van der Waals surface area contributed by atoms with Gasteiger partial charge in [-0.05, 0) is 37.4 Å². The Morgan fingerprint density at radius 2 is 1.85 bits per heavy atom. The second-order valence-corrected chi connectivity index (χ2v) is 7.89. The highest BCUT2D eigenvalue weighted by Crippen LogP contribution is 2.35. The molecule has 2 aliphatic rings. The van der Waals surface area contributed by atoms with Crippen molar-refractivity contribution in [3.8, 4) is 11.4 Å². The molecule has 1 aromatic carbocycles. The van der Waals surface area contributed by atoms with Crippen molar-refractivity contribution in [1.29, 1.82) is 0 Å². The van der Waals surface area contributed by atoms with Crippen LogP contribution in [0.5, 0.6) is 0 Å². The number of aromatic nitrogens is 2. The number of hydrogen-bond donors (Lipinski definition) is 0. The number of likely N-dealkylation sites (tertiary alicyclic amines) is 1. The van der Waals surface area contributed by atoms with Gasteiger partial charge >= 0.3 is 0 Å². The third kappa shape index (κ3) is 4.08. The summed E-state index contributed by atoms with van der Waals surface area (Å²) in [4.78, 5) is 7.17. The Kier molecular flexibility index (Phi) is 5.57. The summed E-state index contributed by atoms with van der Waals surface area (Å²) in [6.07, 6.45) is 4.07. The molecule has 0 bridgehead atoms. The Labute approximate surface area is 160 Å². The fourth-order valence-corrected chi connectivity index (χ4v) is 3.97. The molecule has 0 saturated carbocycles. The highest BCUT2D eigenvalue weighted by atomic mass is 16.5. The van der Waals surface area contributed by atoms with Crippen LogP contribution in [-0.4, -0.2) is 48.5 Å². The first kappa shape index (κ1) is 18.6. The zero-order valence-electron chi connectivity index (χ0n) is 16.3. The molecule has 0 spiro atoms. The molecule has 2 fully saturated rings. The van der Waals surface area contributed by atoms with Crippen LogP contribution in [0.1, 0.15) is 44.1 Å². The van der Waals surface area contributed by atoms with E-state index in [1.165, 1.54) is 31.5 Å². The quantitative estimate of drug-likeness (QED) is 0.800. The summed E-state index contributed by atoms with van der Waals surface area (Å²) in [6, 6.07) is 8.51. The monoisotopic (exact) mass is 371 g/mol. The van der Waals surface area contributed by atoms with Crippen LogP contribution < -0.4 is 0 Å². The molecule has 0 amide bonds. The van der Waals surface area contributed by atoms with E-state index in [2.05, 4.69) is 46.2 Å². The smallest absolute Gasteiger partial charge is 0.259 e. The minimum absolute atomic E-state index is 0.519. The van der Waals surface area contributed by atoms with E-state index in [0.29, 0.717) is 24.9 Å². The second kappa shape index (κ2) is 8.09. The van der Waals surface area contributed by atoms with Gasteiger partial charge in [-0.15, -0.1) is 0 Å². The van der Waals surface area contributed by atoms with Crippen LogP contribution in [0.25, 0.3) is 11.4 Å². The predicted molar refractivity (Wildman–Crippen MR) is 102 cm³/mol. The van der Waals surface area contributed by atoms with Crippen molar-refractivity contribution in [2.24, 2.45) is 5.92 Å². The number of hydrogen-bond acceptors (Lipinski definition) is 6. The Morgan fingerprint density at radius 1 is 1.15 bits per heavy atom. The average molecular weight is 371 g/mol. The Morgan fingerprint density at radius 3 is 2.52 bits per heavy atom. The molecule has 2 saturated heterocycles. The predicted octanol–water partition coefficient (Wildman–Crippen LogP) is 3.62. The van der Waals surface area contributed by atoms with Crippen LogP contribution in [-0.2, 0) is 21.6 Å². The summed E-state index contributed by atoms with van der Waals surface area (Å²) >= 11 is 0. The fourth-order valence-electron chi connectivity index (χ4n) is 3.97. The summed E-state index contributed by atoms with van der Waals surface area (Å²) < 4.78 is 16.8. The van der Waals surface area contributed by atoms with Crippen LogP contribution in [0.2, 0.25) is 0 Å². The van der Waals surface area contributed by atoms with Gasteiger partial charge in [-0.25, -0.2) is 0 Å². The van der Waals surface area contributed by atoms with Crippen molar-refractivity contribution in [2.45, 2.75) is 44.8 Å². The minimum atomic E-state index is -0.519. The highest BCUT2D eigenvalue weighted by molar-refractivity contribution is 5.54. The van der Waals surface area contributed by atoms with Gasteiger partial charge < -0.3 is 14.0 Å². The largest absolute Gasteiger partial charge is 0.381 e. The van der Waals surface area contributed by atoms with Crippen LogP contribution in [0.3, 0.4) is 0 Å². The van der Waals surface area contributed by atoms with E-state index in [0.717, 1.165) is 30.9 Å². The van der Waals surface area contributed by atoms with E-state index >= 15 is 0 Å². The number of ether oxygens (including phenoxy) is 2. The maximum atomic E-state index is 5.74. The number of rotatable bonds is 5. The molecule has 0 atom stereocenters. The molecule has 0 N–H and O–H groups in total. The third-order valence-corrected chi connectivity index (χ3v) is 6.00. The molecule has 27 heavy (non-hydrogen) atoms. The highest BCUT2D eigenvalue weighted by Gasteiger charge is 2.40. The first-order valence-corrected chi connectivity index (χ1v) is 9.97. The van der Waals surface area contributed by atoms with Crippen LogP contribution in [0.15, 0.2) is 28.8 Å². The summed E-state index contributed by atoms with van der Waals surface area (Å²) in [7, 11) is 1.70. The standard InChI is InChI=1S/C21H29N3O3/c1-16-7-11-24(12-8-16)15-17-3-5-18(6-4-17)19-22-20(27-23-19)21(25-2)9-13-26-14-10-21/h3-6,16H,7-15H2,1-2H3. The van der Waals surface area contributed by atoms with Gasteiger partial charge in [0.1, 0.15) is 0 Å². The van der Waals surface area contributed by atoms with Crippen molar-refractivity contribution < 1.29 is 14.0 Å². The van der Waals surface area contributed by atoms with E-state index in [1.54, 1.807) is 7.11 Å². The summed E-state index contributed by atoms with van der Waals surface area (Å²) in [5.41, 5.74) is 1.78. The Balaban J connectivity index is 1.44. The first-order chi connectivity index (χ1) is 13.2. The molecule has 3 heterocycles. The molecule has 6 heteroatoms. The lowest BCUT2D eigenvalue weighted by atomic mass is 9.94. The maximum absolute atomic E-state index is 5.74. The van der Waals surface area contributed by atoms with Gasteiger partial charge in [-0.1, -0.05) is 36.3 Å². The van der Waals surface area contributed by atoms with Crippen LogP contribution in [0, 0.1) is 5.92 Å². The van der Waals surface area contributed by atoms with E-state index in [4.69, 9.17) is 14.0 Å². The molecule has 2 aromatic rings. The van der Waals surface area contributed by atoms with Crippen molar-refractivity contribution in [3.63, 3.8) is 0 Å². The molecular weight excluding hydrogens is 342 g/mol. The lowest BCUT2D eigenvalue weighted by Gasteiger charge is -2.32. The molecular formula is C21H29N3O3. The zero-order valence-corrected chi connectivity index (χ0v) is 16.3. The van der Waals surface area contributed by atoms with Crippen LogP contribution in [0.4, 0.5) is 0 Å². The summed E-state index contributed by atoms with van der Waals surface area (Å²) in [5, 5.41) is 4.19. The maximum Gasteiger partial charge on any atom is 0.259 e. The van der Waals surface area contributed by atoms with Crippen molar-refractivity contribution >= 4 is 0 Å². The van der Waals surface area contributed by atoms with E-state index in [9.17, 15) is 0 Å². The summed E-state index contributed by atoms with van der Waals surface area (Å²) in [6.45, 7) is 7.04. The van der Waals surface area contributed by atoms with Gasteiger partial charge in [0.15, 0.2) is 5.60 Å². The number of methoxy groups -OCH3 is 1. The Bertz CT molecular complexity index is 729. The molecule has 0 radical (unpaired) electrons. The second-order valence-electron chi connectivity index (χ2n) is 7.89. The molecule has 146 valence electrons. The molecule has 0 aliphatic carbocycles. The molecule has 0 unspecified atom stereocenters. The van der Waals surface area contributed by atoms with Crippen molar-refractivity contribution in [2.75, 3.05) is 33.4 Å². The van der Waals surface area contributed by atoms with E-state index < -0.39 is 5.60 Å². The third-order valence-electron chi connectivity index (χ3n) is 6.00. The van der Waals surface area contributed by atoms with Gasteiger partial charge in [0.05, 0.1) is 0 Å². The number of benzene rings is 1. The summed E-state index contributed by atoms with van der Waals surface area (Å²) in [5.74, 6) is 2.03. The molecule has 4 rings (SSSR count). The molecule has 2 aliphatic heterocycles. The average Bonchev–Trinajstić information content (AvgIpc) is 3.22. The van der Waals surface area contributed by atoms with Crippen molar-refractivity contribution in [3.05, 3.63) is 35.7 Å². The number of piperidine rings is 1. The van der Waals surface area contributed by atoms with Gasteiger partial charge in [0, 0.05) is 45.3 Å². The SMILES string of the molecule is COC1(c2nc(-c3ccc(CN4CCC(C)CC4)cc3)no2)CCOCC1. The van der Waals surface area contributed by atoms with E-state index in [-0.39, 0.29) is 0 Å². The van der Waals surface area contributed by atoms with Gasteiger partial charge in [-0.3, -0.25) is 4.90 Å². The lowest BCUT2D eigenvalue weighted by molar-refractivity contribution is -0.111.